The minimum Gasteiger partial charge on any atom is -0.444 e. The number of carbonyl (C=O) groups is 2. The number of carbonyl (C=O) groups excluding carboxylic acids is 2. The summed E-state index contributed by atoms with van der Waals surface area (Å²) in [6.07, 6.45) is -0.555. The van der Waals surface area contributed by atoms with Crippen molar-refractivity contribution in [3.63, 3.8) is 0 Å². The van der Waals surface area contributed by atoms with Gasteiger partial charge in [0.25, 0.3) is 0 Å². The number of ketones is 1. The fourth-order valence-corrected chi connectivity index (χ4v) is 1.49. The molecule has 1 N–H and O–H groups in total. The molecule has 94 valence electrons. The van der Waals surface area contributed by atoms with Crippen LogP contribution in [0.2, 0.25) is 0 Å². The lowest BCUT2D eigenvalue weighted by Crippen LogP contribution is -2.46. The first-order valence-electron chi connectivity index (χ1n) is 5.25. The number of alkyl carbamates (subject to hydrolysis) is 1. The van der Waals surface area contributed by atoms with Crippen LogP contribution in [0.5, 0.6) is 0 Å². The average Bonchev–Trinajstić information content (AvgIpc) is 2.09. The quantitative estimate of drug-likeness (QED) is 0.810. The molecule has 0 aliphatic carbocycles. The molecular weight excluding hydrogens is 274 g/mol. The van der Waals surface area contributed by atoms with Crippen LogP contribution >= 0.6 is 15.9 Å². The monoisotopic (exact) mass is 293 g/mol. The van der Waals surface area contributed by atoms with Gasteiger partial charge >= 0.3 is 6.09 Å². The van der Waals surface area contributed by atoms with Gasteiger partial charge in [-0.25, -0.2) is 4.79 Å². The summed E-state index contributed by atoms with van der Waals surface area (Å²) in [6, 6.07) is -0.505. The van der Waals surface area contributed by atoms with Crippen LogP contribution in [0.25, 0.3) is 0 Å². The Hall–Kier alpha value is -0.580. The van der Waals surface area contributed by atoms with Gasteiger partial charge in [0.15, 0.2) is 5.78 Å². The molecule has 0 aromatic heterocycles. The molecule has 0 fully saturated rings. The number of nitrogens with one attached hydrogen (secondary N) is 1. The highest BCUT2D eigenvalue weighted by Gasteiger charge is 2.25. The molecule has 0 spiro atoms. The van der Waals surface area contributed by atoms with Gasteiger partial charge in [0, 0.05) is 0 Å². The molecule has 0 aromatic carbocycles. The number of rotatable bonds is 4. The van der Waals surface area contributed by atoms with Crippen LogP contribution in [0.3, 0.4) is 0 Å². The minimum atomic E-state index is -0.555. The van der Waals surface area contributed by atoms with Crippen molar-refractivity contribution in [2.24, 2.45) is 5.92 Å². The highest BCUT2D eigenvalue weighted by Crippen LogP contribution is 2.09. The Morgan fingerprint density at radius 3 is 2.12 bits per heavy atom. The Morgan fingerprint density at radius 1 is 1.31 bits per heavy atom. The smallest absolute Gasteiger partial charge is 0.408 e. The molecule has 1 atom stereocenters. The van der Waals surface area contributed by atoms with Gasteiger partial charge in [-0.3, -0.25) is 4.79 Å². The van der Waals surface area contributed by atoms with Crippen molar-refractivity contribution in [2.75, 3.05) is 5.33 Å². The fourth-order valence-electron chi connectivity index (χ4n) is 1.14. The van der Waals surface area contributed by atoms with E-state index in [-0.39, 0.29) is 17.0 Å². The van der Waals surface area contributed by atoms with Gasteiger partial charge in [0.2, 0.25) is 0 Å². The summed E-state index contributed by atoms with van der Waals surface area (Å²) in [6.45, 7) is 9.10. The van der Waals surface area contributed by atoms with Crippen LogP contribution in [0.4, 0.5) is 4.79 Å². The second kappa shape index (κ2) is 6.23. The molecule has 1 amide bonds. The molecule has 0 aromatic rings. The average molecular weight is 294 g/mol. The van der Waals surface area contributed by atoms with Crippen molar-refractivity contribution >= 4 is 27.8 Å². The lowest BCUT2D eigenvalue weighted by Gasteiger charge is -2.24. The molecular formula is C11H20BrNO3. The Kier molecular flexibility index (Phi) is 6.00. The van der Waals surface area contributed by atoms with Gasteiger partial charge in [-0.1, -0.05) is 29.8 Å². The van der Waals surface area contributed by atoms with E-state index in [9.17, 15) is 9.59 Å². The van der Waals surface area contributed by atoms with Crippen molar-refractivity contribution < 1.29 is 14.3 Å². The van der Waals surface area contributed by atoms with Crippen molar-refractivity contribution in [2.45, 2.75) is 46.3 Å². The van der Waals surface area contributed by atoms with Crippen molar-refractivity contribution in [1.82, 2.24) is 5.32 Å². The first-order valence-corrected chi connectivity index (χ1v) is 6.37. The predicted molar refractivity (Wildman–Crippen MR) is 66.8 cm³/mol. The van der Waals surface area contributed by atoms with E-state index < -0.39 is 17.7 Å². The third-order valence-corrected chi connectivity index (χ3v) is 2.37. The summed E-state index contributed by atoms with van der Waals surface area (Å²) in [5.74, 6) is -0.0153. The molecule has 0 heterocycles. The second-order valence-electron chi connectivity index (χ2n) is 4.97. The molecule has 5 heteroatoms. The molecule has 0 saturated heterocycles. The summed E-state index contributed by atoms with van der Waals surface area (Å²) in [5.41, 5.74) is -0.553. The Balaban J connectivity index is 4.42. The molecule has 0 saturated carbocycles. The maximum atomic E-state index is 11.5. The SMILES string of the molecule is CC(C)[C@H](NC(=O)OC(C)(C)C)C(=O)CBr. The third-order valence-electron chi connectivity index (χ3n) is 1.82. The van der Waals surface area contributed by atoms with E-state index in [0.29, 0.717) is 0 Å². The van der Waals surface area contributed by atoms with Gasteiger partial charge in [-0.2, -0.15) is 0 Å². The Labute approximate surface area is 105 Å². The lowest BCUT2D eigenvalue weighted by molar-refractivity contribution is -0.119. The van der Waals surface area contributed by atoms with Crippen molar-refractivity contribution in [3.05, 3.63) is 0 Å². The summed E-state index contributed by atoms with van der Waals surface area (Å²) < 4.78 is 5.10. The van der Waals surface area contributed by atoms with Crippen LogP contribution in [0, 0.1) is 5.92 Å². The van der Waals surface area contributed by atoms with E-state index in [1.807, 2.05) is 13.8 Å². The molecule has 0 rings (SSSR count). The van der Waals surface area contributed by atoms with Gasteiger partial charge in [0.05, 0.1) is 11.4 Å². The maximum Gasteiger partial charge on any atom is 0.408 e. The Bertz CT molecular complexity index is 258. The standard InChI is InChI=1S/C11H20BrNO3/c1-7(2)9(8(14)6-12)13-10(15)16-11(3,4)5/h7,9H,6H2,1-5H3,(H,13,15)/t9-/m0/s1. The molecule has 0 radical (unpaired) electrons. The lowest BCUT2D eigenvalue weighted by atomic mass is 10.0. The van der Waals surface area contributed by atoms with Crippen LogP contribution in [-0.2, 0) is 9.53 Å². The summed E-state index contributed by atoms with van der Waals surface area (Å²) in [5, 5.41) is 2.81. The summed E-state index contributed by atoms with van der Waals surface area (Å²) in [7, 11) is 0. The van der Waals surface area contributed by atoms with Crippen LogP contribution in [0.1, 0.15) is 34.6 Å². The summed E-state index contributed by atoms with van der Waals surface area (Å²) in [4.78, 5) is 23.0. The predicted octanol–water partition coefficient (Wildman–Crippen LogP) is 2.50. The number of amides is 1. The highest BCUT2D eigenvalue weighted by atomic mass is 79.9. The van der Waals surface area contributed by atoms with Crippen LogP contribution < -0.4 is 5.32 Å². The molecule has 0 unspecified atom stereocenters. The van der Waals surface area contributed by atoms with Crippen molar-refractivity contribution in [3.8, 4) is 0 Å². The van der Waals surface area contributed by atoms with E-state index >= 15 is 0 Å². The maximum absolute atomic E-state index is 11.5. The molecule has 16 heavy (non-hydrogen) atoms. The minimum absolute atomic E-state index is 0.0394. The zero-order valence-electron chi connectivity index (χ0n) is 10.5. The molecule has 4 nitrogen and oxygen atoms in total. The molecule has 0 aliphatic heterocycles. The number of alkyl halides is 1. The normalized spacial score (nSPS) is 13.4. The van der Waals surface area contributed by atoms with Crippen LogP contribution in [0.15, 0.2) is 0 Å². The second-order valence-corrected chi connectivity index (χ2v) is 5.53. The van der Waals surface area contributed by atoms with Gasteiger partial charge in [-0.05, 0) is 26.7 Å². The zero-order chi connectivity index (χ0) is 12.9. The first kappa shape index (κ1) is 15.4. The fraction of sp³-hybridized carbons (Fsp3) is 0.818. The molecule has 0 bridgehead atoms. The van der Waals surface area contributed by atoms with E-state index in [1.54, 1.807) is 20.8 Å². The Morgan fingerprint density at radius 2 is 1.81 bits per heavy atom. The topological polar surface area (TPSA) is 55.4 Å². The first-order chi connectivity index (χ1) is 7.17. The van der Waals surface area contributed by atoms with E-state index in [2.05, 4.69) is 21.2 Å². The number of hydrogen-bond donors (Lipinski definition) is 1. The van der Waals surface area contributed by atoms with E-state index in [4.69, 9.17) is 4.74 Å². The molecule has 0 aliphatic rings. The van der Waals surface area contributed by atoms with Gasteiger partial charge < -0.3 is 10.1 Å². The van der Waals surface area contributed by atoms with E-state index in [0.717, 1.165) is 0 Å². The number of hydrogen-bond acceptors (Lipinski definition) is 3. The van der Waals surface area contributed by atoms with E-state index in [1.165, 1.54) is 0 Å². The number of Topliss-reactive ketones (excluding diaryl/α,β-unsaturated/α-hetero) is 1. The number of ether oxygens (including phenoxy) is 1. The van der Waals surface area contributed by atoms with Gasteiger partial charge in [-0.15, -0.1) is 0 Å². The van der Waals surface area contributed by atoms with Crippen molar-refractivity contribution in [1.29, 1.82) is 0 Å². The van der Waals surface area contributed by atoms with Crippen LogP contribution in [-0.4, -0.2) is 28.8 Å². The highest BCUT2D eigenvalue weighted by molar-refractivity contribution is 9.09. The van der Waals surface area contributed by atoms with Gasteiger partial charge in [0.1, 0.15) is 5.60 Å². The third kappa shape index (κ3) is 6.10. The number of halogens is 1. The summed E-state index contributed by atoms with van der Waals surface area (Å²) >= 11 is 3.09. The largest absolute Gasteiger partial charge is 0.444 e. The zero-order valence-corrected chi connectivity index (χ0v) is 12.1.